The summed E-state index contributed by atoms with van der Waals surface area (Å²) < 4.78 is 0. The van der Waals surface area contributed by atoms with Crippen LogP contribution >= 0.6 is 0 Å². The van der Waals surface area contributed by atoms with Gasteiger partial charge in [0, 0.05) is 11.1 Å². The fourth-order valence-corrected chi connectivity index (χ4v) is 5.56. The molecule has 4 unspecified atom stereocenters. The van der Waals surface area contributed by atoms with E-state index in [0.717, 1.165) is 11.8 Å². The van der Waals surface area contributed by atoms with Crippen LogP contribution < -0.4 is 5.32 Å². The van der Waals surface area contributed by atoms with Crippen LogP contribution in [0.3, 0.4) is 0 Å². The highest BCUT2D eigenvalue weighted by Gasteiger charge is 2.46. The smallest absolute Gasteiger partial charge is 0.0599 e. The lowest BCUT2D eigenvalue weighted by molar-refractivity contribution is -0.0631. The molecule has 2 nitrogen and oxygen atoms in total. The SMILES string of the molecule is CC1CC(C2CC(C)(C)NC(C)(C)C2)CC(C(C)(C)C)C1O. The number of piperidine rings is 1. The van der Waals surface area contributed by atoms with Crippen molar-refractivity contribution in [2.75, 3.05) is 0 Å². The molecule has 0 aromatic rings. The van der Waals surface area contributed by atoms with Crippen molar-refractivity contribution in [1.29, 1.82) is 0 Å². The van der Waals surface area contributed by atoms with Crippen LogP contribution in [0.4, 0.5) is 0 Å². The Morgan fingerprint density at radius 1 is 0.909 bits per heavy atom. The van der Waals surface area contributed by atoms with Crippen LogP contribution in [0.5, 0.6) is 0 Å². The molecule has 1 saturated carbocycles. The van der Waals surface area contributed by atoms with E-state index in [2.05, 4.69) is 60.7 Å². The van der Waals surface area contributed by atoms with Crippen molar-refractivity contribution in [3.8, 4) is 0 Å². The highest BCUT2D eigenvalue weighted by atomic mass is 16.3. The molecule has 0 aromatic heterocycles. The Morgan fingerprint density at radius 3 is 1.86 bits per heavy atom. The van der Waals surface area contributed by atoms with Crippen LogP contribution in [-0.2, 0) is 0 Å². The monoisotopic (exact) mass is 309 g/mol. The first-order chi connectivity index (χ1) is 9.81. The van der Waals surface area contributed by atoms with Gasteiger partial charge in [-0.2, -0.15) is 0 Å². The van der Waals surface area contributed by atoms with Gasteiger partial charge in [0.2, 0.25) is 0 Å². The van der Waals surface area contributed by atoms with E-state index in [1.807, 2.05) is 0 Å². The minimum absolute atomic E-state index is 0.126. The Morgan fingerprint density at radius 2 is 1.41 bits per heavy atom. The van der Waals surface area contributed by atoms with Crippen LogP contribution in [0, 0.1) is 29.1 Å². The maximum absolute atomic E-state index is 10.7. The minimum atomic E-state index is -0.126. The molecule has 0 bridgehead atoms. The number of hydrogen-bond donors (Lipinski definition) is 2. The van der Waals surface area contributed by atoms with Gasteiger partial charge in [0.05, 0.1) is 6.10 Å². The van der Waals surface area contributed by atoms with Gasteiger partial charge in [-0.25, -0.2) is 0 Å². The third kappa shape index (κ3) is 4.06. The molecule has 1 aliphatic heterocycles. The van der Waals surface area contributed by atoms with E-state index in [-0.39, 0.29) is 22.6 Å². The molecule has 0 aromatic carbocycles. The Hall–Kier alpha value is -0.0800. The lowest BCUT2D eigenvalue weighted by Gasteiger charge is -2.52. The van der Waals surface area contributed by atoms with Gasteiger partial charge >= 0.3 is 0 Å². The quantitative estimate of drug-likeness (QED) is 0.741. The Balaban J connectivity index is 2.18. The fourth-order valence-electron chi connectivity index (χ4n) is 5.56. The standard InChI is InChI=1S/C20H39NO/c1-13-9-14(10-16(17(13)22)18(2,3)4)15-11-19(5,6)21-20(7,8)12-15/h13-17,21-22H,9-12H2,1-8H3. The van der Waals surface area contributed by atoms with Gasteiger partial charge in [0.25, 0.3) is 0 Å². The molecule has 0 spiro atoms. The molecule has 2 rings (SSSR count). The molecule has 2 fully saturated rings. The van der Waals surface area contributed by atoms with Crippen molar-refractivity contribution in [2.45, 2.75) is 98.3 Å². The second-order valence-electron chi connectivity index (χ2n) is 10.7. The van der Waals surface area contributed by atoms with Crippen LogP contribution in [-0.4, -0.2) is 22.3 Å². The highest BCUT2D eigenvalue weighted by molar-refractivity contribution is 5.01. The molecule has 1 heterocycles. The van der Waals surface area contributed by atoms with E-state index in [0.29, 0.717) is 11.8 Å². The Labute approximate surface area is 138 Å². The van der Waals surface area contributed by atoms with E-state index >= 15 is 0 Å². The summed E-state index contributed by atoms with van der Waals surface area (Å²) >= 11 is 0. The van der Waals surface area contributed by atoms with Crippen LogP contribution in [0.2, 0.25) is 0 Å². The van der Waals surface area contributed by atoms with E-state index in [1.165, 1.54) is 25.7 Å². The van der Waals surface area contributed by atoms with Crippen LogP contribution in [0.25, 0.3) is 0 Å². The van der Waals surface area contributed by atoms with Crippen molar-refractivity contribution in [1.82, 2.24) is 5.32 Å². The van der Waals surface area contributed by atoms with E-state index in [1.54, 1.807) is 0 Å². The average Bonchev–Trinajstić information content (AvgIpc) is 2.26. The normalized spacial score (nSPS) is 39.7. The number of aliphatic hydroxyl groups excluding tert-OH is 1. The maximum Gasteiger partial charge on any atom is 0.0599 e. The maximum atomic E-state index is 10.7. The largest absolute Gasteiger partial charge is 0.393 e. The molecule has 22 heavy (non-hydrogen) atoms. The van der Waals surface area contributed by atoms with E-state index in [4.69, 9.17) is 0 Å². The molecule has 0 radical (unpaired) electrons. The lowest BCUT2D eigenvalue weighted by Crippen LogP contribution is -2.59. The third-order valence-electron chi connectivity index (χ3n) is 6.23. The van der Waals surface area contributed by atoms with Gasteiger partial charge in [0.1, 0.15) is 0 Å². The van der Waals surface area contributed by atoms with Gasteiger partial charge in [-0.05, 0) is 82.5 Å². The van der Waals surface area contributed by atoms with Crippen LogP contribution in [0.1, 0.15) is 81.1 Å². The van der Waals surface area contributed by atoms with Crippen molar-refractivity contribution >= 4 is 0 Å². The zero-order chi connectivity index (χ0) is 16.9. The molecule has 0 amide bonds. The fraction of sp³-hybridized carbons (Fsp3) is 1.00. The summed E-state index contributed by atoms with van der Waals surface area (Å²) in [5, 5.41) is 14.5. The summed E-state index contributed by atoms with van der Waals surface area (Å²) in [6.07, 6.45) is 4.80. The van der Waals surface area contributed by atoms with Crippen molar-refractivity contribution in [3.63, 3.8) is 0 Å². The van der Waals surface area contributed by atoms with Crippen molar-refractivity contribution < 1.29 is 5.11 Å². The van der Waals surface area contributed by atoms with Gasteiger partial charge in [-0.3, -0.25) is 0 Å². The number of aliphatic hydroxyl groups is 1. The Bertz CT molecular complexity index is 377. The second-order valence-corrected chi connectivity index (χ2v) is 10.7. The highest BCUT2D eigenvalue weighted by Crippen LogP contribution is 2.49. The summed E-state index contributed by atoms with van der Waals surface area (Å²) in [5.74, 6) is 2.42. The van der Waals surface area contributed by atoms with E-state index in [9.17, 15) is 5.11 Å². The van der Waals surface area contributed by atoms with E-state index < -0.39 is 0 Å². The summed E-state index contributed by atoms with van der Waals surface area (Å²) in [6.45, 7) is 18.6. The minimum Gasteiger partial charge on any atom is -0.393 e. The van der Waals surface area contributed by atoms with Gasteiger partial charge in [-0.15, -0.1) is 0 Å². The first-order valence-electron chi connectivity index (χ1n) is 9.28. The number of nitrogens with one attached hydrogen (secondary N) is 1. The van der Waals surface area contributed by atoms with Gasteiger partial charge in [0.15, 0.2) is 0 Å². The van der Waals surface area contributed by atoms with Gasteiger partial charge in [-0.1, -0.05) is 27.7 Å². The predicted molar refractivity (Wildman–Crippen MR) is 94.9 cm³/mol. The predicted octanol–water partition coefficient (Wildman–Crippen LogP) is 4.61. The molecule has 130 valence electrons. The summed E-state index contributed by atoms with van der Waals surface area (Å²) in [4.78, 5) is 0. The zero-order valence-corrected chi connectivity index (χ0v) is 16.2. The lowest BCUT2D eigenvalue weighted by atomic mass is 9.59. The molecule has 2 N–H and O–H groups in total. The number of rotatable bonds is 1. The molecular formula is C20H39NO. The first kappa shape index (κ1) is 18.3. The summed E-state index contributed by atoms with van der Waals surface area (Å²) in [6, 6.07) is 0. The molecule has 1 saturated heterocycles. The third-order valence-corrected chi connectivity index (χ3v) is 6.23. The molecule has 1 aliphatic carbocycles. The number of hydrogen-bond acceptors (Lipinski definition) is 2. The topological polar surface area (TPSA) is 32.3 Å². The summed E-state index contributed by atoms with van der Waals surface area (Å²) in [7, 11) is 0. The molecule has 2 heteroatoms. The van der Waals surface area contributed by atoms with Crippen molar-refractivity contribution in [3.05, 3.63) is 0 Å². The molecular weight excluding hydrogens is 270 g/mol. The molecule has 2 aliphatic rings. The summed E-state index contributed by atoms with van der Waals surface area (Å²) in [5.41, 5.74) is 0.649. The Kier molecular flexibility index (Phi) is 4.79. The van der Waals surface area contributed by atoms with Crippen LogP contribution in [0.15, 0.2) is 0 Å². The second kappa shape index (κ2) is 5.77. The van der Waals surface area contributed by atoms with Crippen molar-refractivity contribution in [2.24, 2.45) is 29.1 Å². The average molecular weight is 310 g/mol. The zero-order valence-electron chi connectivity index (χ0n) is 16.2. The molecule has 4 atom stereocenters. The van der Waals surface area contributed by atoms with Gasteiger partial charge < -0.3 is 10.4 Å². The first-order valence-corrected chi connectivity index (χ1v) is 9.28.